The summed E-state index contributed by atoms with van der Waals surface area (Å²) >= 11 is 0. The second-order valence-electron chi connectivity index (χ2n) is 9.30. The van der Waals surface area contributed by atoms with E-state index in [0.717, 1.165) is 38.0 Å². The van der Waals surface area contributed by atoms with Gasteiger partial charge >= 0.3 is 6.09 Å². The van der Waals surface area contributed by atoms with E-state index in [-0.39, 0.29) is 11.6 Å². The van der Waals surface area contributed by atoms with Gasteiger partial charge in [-0.2, -0.15) is 4.98 Å². The number of nitrogens with one attached hydrogen (secondary N) is 2. The van der Waals surface area contributed by atoms with Crippen molar-refractivity contribution in [3.63, 3.8) is 0 Å². The summed E-state index contributed by atoms with van der Waals surface area (Å²) < 4.78 is 8.64. The van der Waals surface area contributed by atoms with Gasteiger partial charge in [0.1, 0.15) is 17.8 Å². The van der Waals surface area contributed by atoms with Crippen LogP contribution < -0.4 is 21.1 Å². The first-order chi connectivity index (χ1) is 17.7. The third kappa shape index (κ3) is 3.51. The number of rotatable bonds is 5. The number of ether oxygens (including phenoxy) is 1. The highest BCUT2D eigenvalue weighted by Crippen LogP contribution is 2.36. The van der Waals surface area contributed by atoms with Crippen molar-refractivity contribution in [2.24, 2.45) is 0 Å². The van der Waals surface area contributed by atoms with Crippen LogP contribution in [-0.2, 0) is 17.7 Å². The van der Waals surface area contributed by atoms with Crippen LogP contribution in [0.5, 0.6) is 0 Å². The minimum atomic E-state index is -0.425. The third-order valence-electron chi connectivity index (χ3n) is 6.88. The normalized spacial score (nSPS) is 17.3. The highest BCUT2D eigenvalue weighted by Gasteiger charge is 2.31. The summed E-state index contributed by atoms with van der Waals surface area (Å²) in [6, 6.07) is 9.99. The van der Waals surface area contributed by atoms with Crippen molar-refractivity contribution in [3.05, 3.63) is 64.2 Å². The molecule has 4 aromatic rings. The van der Waals surface area contributed by atoms with Gasteiger partial charge in [0.25, 0.3) is 5.56 Å². The topological polar surface area (TPSA) is 119 Å². The molecule has 3 aromatic heterocycles. The second-order valence-corrected chi connectivity index (χ2v) is 9.30. The number of hydrogen-bond donors (Lipinski definition) is 2. The first kappa shape index (κ1) is 21.1. The molecule has 7 rings (SSSR count). The van der Waals surface area contributed by atoms with E-state index in [2.05, 4.69) is 32.7 Å². The summed E-state index contributed by atoms with van der Waals surface area (Å²) in [6.45, 7) is 2.59. The van der Waals surface area contributed by atoms with Gasteiger partial charge in [0.15, 0.2) is 5.65 Å². The number of pyridine rings is 1. The Morgan fingerprint density at radius 1 is 1.08 bits per heavy atom. The number of benzene rings is 1. The van der Waals surface area contributed by atoms with Gasteiger partial charge in [-0.05, 0) is 55.1 Å². The molecule has 1 saturated heterocycles. The summed E-state index contributed by atoms with van der Waals surface area (Å²) in [5, 5.41) is 7.15. The number of carbonyl (C=O) groups is 1. The average molecular weight is 485 g/mol. The monoisotopic (exact) mass is 484 g/mol. The minimum Gasteiger partial charge on any atom is -0.447 e. The minimum absolute atomic E-state index is 0.102. The summed E-state index contributed by atoms with van der Waals surface area (Å²) in [7, 11) is 0. The maximum Gasteiger partial charge on any atom is 0.415 e. The van der Waals surface area contributed by atoms with E-state index < -0.39 is 6.09 Å². The van der Waals surface area contributed by atoms with Crippen molar-refractivity contribution < 1.29 is 9.53 Å². The molecule has 0 unspecified atom stereocenters. The van der Waals surface area contributed by atoms with Crippen molar-refractivity contribution in [2.75, 3.05) is 29.9 Å². The van der Waals surface area contributed by atoms with Crippen LogP contribution >= 0.6 is 0 Å². The van der Waals surface area contributed by atoms with Crippen molar-refractivity contribution in [1.82, 2.24) is 29.6 Å². The van der Waals surface area contributed by atoms with Crippen LogP contribution in [0.4, 0.5) is 22.2 Å². The number of fused-ring (bicyclic) bond motifs is 2. The van der Waals surface area contributed by atoms with Gasteiger partial charge in [-0.15, -0.1) is 0 Å². The van der Waals surface area contributed by atoms with E-state index in [1.165, 1.54) is 16.0 Å². The molecule has 1 aliphatic carbocycles. The van der Waals surface area contributed by atoms with Crippen LogP contribution in [0, 0.1) is 0 Å². The molecule has 0 radical (unpaired) electrons. The molecule has 1 saturated carbocycles. The lowest BCUT2D eigenvalue weighted by Crippen LogP contribution is -2.25. The SMILES string of the molecule is O=C1OCCN1c1cc(-n2c3nc(Nc4ccc5c(c4)CNCC5)ncc3c(=O)n2C2CC2)ccn1. The van der Waals surface area contributed by atoms with Gasteiger partial charge in [-0.25, -0.2) is 24.1 Å². The van der Waals surface area contributed by atoms with Crippen LogP contribution in [0.1, 0.15) is 30.0 Å². The number of nitrogens with zero attached hydrogens (tertiary/aromatic N) is 6. The molecule has 1 aromatic carbocycles. The fourth-order valence-corrected chi connectivity index (χ4v) is 4.93. The van der Waals surface area contributed by atoms with E-state index in [1.54, 1.807) is 23.1 Å². The first-order valence-corrected chi connectivity index (χ1v) is 12.2. The number of anilines is 3. The summed E-state index contributed by atoms with van der Waals surface area (Å²) in [5.74, 6) is 0.882. The van der Waals surface area contributed by atoms with Gasteiger partial charge in [0.2, 0.25) is 5.95 Å². The quantitative estimate of drug-likeness (QED) is 0.444. The highest BCUT2D eigenvalue weighted by molar-refractivity contribution is 5.88. The lowest BCUT2D eigenvalue weighted by molar-refractivity contribution is 0.181. The van der Waals surface area contributed by atoms with Gasteiger partial charge in [-0.3, -0.25) is 9.69 Å². The molecule has 0 bridgehead atoms. The van der Waals surface area contributed by atoms with E-state index in [1.807, 2.05) is 16.8 Å². The number of hydrogen-bond acceptors (Lipinski definition) is 8. The molecule has 0 atom stereocenters. The molecule has 3 aliphatic rings. The summed E-state index contributed by atoms with van der Waals surface area (Å²) in [4.78, 5) is 40.5. The number of cyclic esters (lactones) is 1. The molecule has 2 aliphatic heterocycles. The summed E-state index contributed by atoms with van der Waals surface area (Å²) in [6.07, 6.45) is 5.66. The van der Waals surface area contributed by atoms with E-state index in [4.69, 9.17) is 9.72 Å². The molecule has 2 N–H and O–H groups in total. The molecule has 11 nitrogen and oxygen atoms in total. The van der Waals surface area contributed by atoms with Gasteiger partial charge in [0.05, 0.1) is 18.3 Å². The smallest absolute Gasteiger partial charge is 0.415 e. The molecule has 2 fully saturated rings. The predicted molar refractivity (Wildman–Crippen MR) is 133 cm³/mol. The molecule has 5 heterocycles. The predicted octanol–water partition coefficient (Wildman–Crippen LogP) is 2.66. The zero-order valence-electron chi connectivity index (χ0n) is 19.5. The Morgan fingerprint density at radius 3 is 2.83 bits per heavy atom. The van der Waals surface area contributed by atoms with E-state index in [0.29, 0.717) is 41.6 Å². The van der Waals surface area contributed by atoms with Crippen molar-refractivity contribution in [2.45, 2.75) is 31.8 Å². The first-order valence-electron chi connectivity index (χ1n) is 12.2. The average Bonchev–Trinajstić information content (AvgIpc) is 3.58. The Morgan fingerprint density at radius 2 is 2.00 bits per heavy atom. The van der Waals surface area contributed by atoms with Crippen molar-refractivity contribution >= 4 is 34.6 Å². The van der Waals surface area contributed by atoms with E-state index >= 15 is 0 Å². The van der Waals surface area contributed by atoms with Crippen LogP contribution in [0.25, 0.3) is 16.7 Å². The summed E-state index contributed by atoms with van der Waals surface area (Å²) in [5.41, 5.74) is 4.58. The maximum absolute atomic E-state index is 13.4. The fraction of sp³-hybridized carbons (Fsp3) is 0.320. The molecular weight excluding hydrogens is 460 g/mol. The zero-order chi connectivity index (χ0) is 24.2. The molecular formula is C25H24N8O3. The number of carbonyl (C=O) groups excluding carboxylic acids is 1. The van der Waals surface area contributed by atoms with Gasteiger partial charge < -0.3 is 15.4 Å². The van der Waals surface area contributed by atoms with Crippen LogP contribution in [0.15, 0.2) is 47.5 Å². The fourth-order valence-electron chi connectivity index (χ4n) is 4.93. The zero-order valence-corrected chi connectivity index (χ0v) is 19.5. The Labute approximate surface area is 205 Å². The van der Waals surface area contributed by atoms with Crippen molar-refractivity contribution in [3.8, 4) is 5.69 Å². The van der Waals surface area contributed by atoms with Crippen molar-refractivity contribution in [1.29, 1.82) is 0 Å². The largest absolute Gasteiger partial charge is 0.447 e. The van der Waals surface area contributed by atoms with E-state index in [9.17, 15) is 9.59 Å². The van der Waals surface area contributed by atoms with Crippen LogP contribution in [0.2, 0.25) is 0 Å². The molecule has 0 spiro atoms. The molecule has 36 heavy (non-hydrogen) atoms. The highest BCUT2D eigenvalue weighted by atomic mass is 16.6. The number of amides is 1. The standard InChI is InChI=1S/C25H24N8O3/c34-23-20-14-28-24(29-17-2-1-15-5-7-26-13-16(15)11-17)30-22(20)32(33(23)18-3-4-18)19-6-8-27-21(12-19)31-9-10-36-25(31)35/h1-2,6,8,11-12,14,18,26H,3-5,7,9-10,13H2,(H,28,29,30). The Hall–Kier alpha value is -4.25. The maximum atomic E-state index is 13.4. The lowest BCUT2D eigenvalue weighted by Gasteiger charge is -2.18. The Balaban J connectivity index is 1.32. The lowest BCUT2D eigenvalue weighted by atomic mass is 10.0. The Bertz CT molecular complexity index is 1570. The van der Waals surface area contributed by atoms with Gasteiger partial charge in [-0.1, -0.05) is 6.07 Å². The molecule has 11 heteroatoms. The van der Waals surface area contributed by atoms with Gasteiger partial charge in [0, 0.05) is 30.7 Å². The second kappa shape index (κ2) is 8.16. The molecule has 1 amide bonds. The number of aromatic nitrogens is 5. The third-order valence-corrected chi connectivity index (χ3v) is 6.88. The Kier molecular flexibility index (Phi) is 4.78. The van der Waals surface area contributed by atoms with Crippen LogP contribution in [0.3, 0.4) is 0 Å². The molecule has 182 valence electrons. The van der Waals surface area contributed by atoms with Crippen LogP contribution in [-0.4, -0.2) is 50.1 Å².